The number of aliphatic hydroxyl groups excluding tert-OH is 1. The van der Waals surface area contributed by atoms with Crippen LogP contribution in [0.5, 0.6) is 0 Å². The molecule has 1 aliphatic rings. The molecule has 17 heavy (non-hydrogen) atoms. The van der Waals surface area contributed by atoms with Crippen LogP contribution in [0.15, 0.2) is 0 Å². The number of morpholine rings is 1. The molecule has 1 N–H and O–H groups in total. The molecule has 1 fully saturated rings. The number of aliphatic hydroxyl groups is 1. The lowest BCUT2D eigenvalue weighted by Crippen LogP contribution is -2.48. The van der Waals surface area contributed by atoms with Crippen LogP contribution in [0.25, 0.3) is 0 Å². The first-order chi connectivity index (χ1) is 8.17. The zero-order valence-corrected chi connectivity index (χ0v) is 10.7. The fourth-order valence-electron chi connectivity index (χ4n) is 2.05. The van der Waals surface area contributed by atoms with Crippen molar-refractivity contribution in [2.24, 2.45) is 0 Å². The van der Waals surface area contributed by atoms with Crippen LogP contribution >= 0.6 is 0 Å². The van der Waals surface area contributed by atoms with Gasteiger partial charge >= 0.3 is 5.97 Å². The highest BCUT2D eigenvalue weighted by Gasteiger charge is 2.24. The molecule has 2 atom stereocenters. The van der Waals surface area contributed by atoms with Crippen molar-refractivity contribution in [2.45, 2.75) is 38.8 Å². The van der Waals surface area contributed by atoms with Crippen molar-refractivity contribution >= 4 is 5.97 Å². The van der Waals surface area contributed by atoms with E-state index in [4.69, 9.17) is 9.47 Å². The van der Waals surface area contributed by atoms with E-state index >= 15 is 0 Å². The molecule has 0 aliphatic carbocycles. The van der Waals surface area contributed by atoms with Gasteiger partial charge in [-0.05, 0) is 13.3 Å². The van der Waals surface area contributed by atoms with Gasteiger partial charge in [-0.1, -0.05) is 6.92 Å². The van der Waals surface area contributed by atoms with Crippen molar-refractivity contribution in [3.8, 4) is 0 Å². The maximum atomic E-state index is 11.2. The maximum Gasteiger partial charge on any atom is 0.308 e. The Bertz CT molecular complexity index is 235. The van der Waals surface area contributed by atoms with Crippen LogP contribution in [0.4, 0.5) is 0 Å². The first-order valence-electron chi connectivity index (χ1n) is 6.32. The largest absolute Gasteiger partial charge is 0.466 e. The van der Waals surface area contributed by atoms with Crippen molar-refractivity contribution < 1.29 is 19.4 Å². The molecule has 1 heterocycles. The van der Waals surface area contributed by atoms with E-state index in [-0.39, 0.29) is 12.4 Å². The summed E-state index contributed by atoms with van der Waals surface area (Å²) in [4.78, 5) is 13.4. The summed E-state index contributed by atoms with van der Waals surface area (Å²) in [6.07, 6.45) is 0.412. The number of rotatable bonds is 6. The summed E-state index contributed by atoms with van der Waals surface area (Å²) in [5.74, 6) is -0.332. The van der Waals surface area contributed by atoms with Crippen LogP contribution in [0.2, 0.25) is 0 Å². The van der Waals surface area contributed by atoms with E-state index < -0.39 is 6.10 Å². The number of hydrogen-bond donors (Lipinski definition) is 1. The van der Waals surface area contributed by atoms with Gasteiger partial charge in [0.15, 0.2) is 0 Å². The Morgan fingerprint density at radius 3 is 3.00 bits per heavy atom. The molecule has 1 rings (SSSR count). The first kappa shape index (κ1) is 14.4. The van der Waals surface area contributed by atoms with Gasteiger partial charge in [0.2, 0.25) is 0 Å². The third-order valence-electron chi connectivity index (χ3n) is 2.97. The molecular formula is C12H23NO4. The summed E-state index contributed by atoms with van der Waals surface area (Å²) in [7, 11) is 0. The van der Waals surface area contributed by atoms with E-state index in [2.05, 4.69) is 11.8 Å². The molecule has 0 spiro atoms. The topological polar surface area (TPSA) is 59.0 Å². The molecule has 1 aliphatic heterocycles. The number of nitrogens with zero attached hydrogens (tertiary/aromatic N) is 1. The molecule has 0 saturated carbocycles. The Hall–Kier alpha value is -0.650. The summed E-state index contributed by atoms with van der Waals surface area (Å²) in [5.41, 5.74) is 0. The molecular weight excluding hydrogens is 222 g/mol. The minimum atomic E-state index is -0.652. The van der Waals surface area contributed by atoms with Gasteiger partial charge < -0.3 is 14.6 Å². The van der Waals surface area contributed by atoms with Gasteiger partial charge in [0, 0.05) is 19.1 Å². The molecule has 0 bridgehead atoms. The van der Waals surface area contributed by atoms with Crippen LogP contribution < -0.4 is 0 Å². The molecule has 0 aromatic rings. The van der Waals surface area contributed by atoms with Gasteiger partial charge in [-0.15, -0.1) is 0 Å². The van der Waals surface area contributed by atoms with Crippen molar-refractivity contribution in [1.29, 1.82) is 0 Å². The Kier molecular flexibility index (Phi) is 6.47. The Morgan fingerprint density at radius 1 is 1.59 bits per heavy atom. The molecule has 0 aromatic heterocycles. The molecule has 2 unspecified atom stereocenters. The highest BCUT2D eigenvalue weighted by atomic mass is 16.5. The number of carbonyl (C=O) groups excluding carboxylic acids is 1. The Morgan fingerprint density at radius 2 is 2.35 bits per heavy atom. The van der Waals surface area contributed by atoms with Gasteiger partial charge in [0.25, 0.3) is 0 Å². The van der Waals surface area contributed by atoms with Crippen LogP contribution in [-0.4, -0.2) is 61.0 Å². The summed E-state index contributed by atoms with van der Waals surface area (Å²) < 4.78 is 10.2. The van der Waals surface area contributed by atoms with E-state index in [1.54, 1.807) is 6.92 Å². The zero-order chi connectivity index (χ0) is 12.7. The normalized spacial score (nSPS) is 23.4. The number of ether oxygens (including phenoxy) is 2. The quantitative estimate of drug-likeness (QED) is 0.687. The maximum absolute atomic E-state index is 11.2. The summed E-state index contributed by atoms with van der Waals surface area (Å²) >= 11 is 0. The molecule has 0 aromatic carbocycles. The minimum absolute atomic E-state index is 0.0711. The lowest BCUT2D eigenvalue weighted by molar-refractivity contribution is -0.145. The van der Waals surface area contributed by atoms with E-state index in [0.29, 0.717) is 32.4 Å². The van der Waals surface area contributed by atoms with Gasteiger partial charge in [0.05, 0.1) is 32.3 Å². The van der Waals surface area contributed by atoms with E-state index in [0.717, 1.165) is 13.0 Å². The summed E-state index contributed by atoms with van der Waals surface area (Å²) in [6.45, 7) is 6.97. The molecule has 5 nitrogen and oxygen atoms in total. The van der Waals surface area contributed by atoms with E-state index in [9.17, 15) is 9.90 Å². The van der Waals surface area contributed by atoms with Gasteiger partial charge in [-0.2, -0.15) is 0 Å². The standard InChI is InChI=1S/C12H23NO4/c1-3-10-9-16-6-5-13(10)8-11(14)7-12(15)17-4-2/h10-11,14H,3-9H2,1-2H3. The second-order valence-corrected chi connectivity index (χ2v) is 4.29. The lowest BCUT2D eigenvalue weighted by atomic mass is 10.1. The third kappa shape index (κ3) is 5.02. The minimum Gasteiger partial charge on any atom is -0.466 e. The van der Waals surface area contributed by atoms with Crippen LogP contribution in [0, 0.1) is 0 Å². The lowest BCUT2D eigenvalue weighted by Gasteiger charge is -2.36. The average Bonchev–Trinajstić information content (AvgIpc) is 2.29. The average molecular weight is 245 g/mol. The van der Waals surface area contributed by atoms with Gasteiger partial charge in [-0.25, -0.2) is 0 Å². The fraction of sp³-hybridized carbons (Fsp3) is 0.917. The van der Waals surface area contributed by atoms with Crippen LogP contribution in [0.3, 0.4) is 0 Å². The molecule has 1 saturated heterocycles. The SMILES string of the molecule is CCOC(=O)CC(O)CN1CCOCC1CC. The number of β-amino-alcohol motifs (C(OH)–C–C–N with tert-alkyl or cyclic N) is 1. The van der Waals surface area contributed by atoms with E-state index in [1.165, 1.54) is 0 Å². The zero-order valence-electron chi connectivity index (χ0n) is 10.7. The predicted octanol–water partition coefficient (Wildman–Crippen LogP) is 0.411. The highest BCUT2D eigenvalue weighted by molar-refractivity contribution is 5.69. The van der Waals surface area contributed by atoms with Crippen molar-refractivity contribution in [2.75, 3.05) is 32.9 Å². The van der Waals surface area contributed by atoms with Gasteiger partial charge in [0.1, 0.15) is 0 Å². The highest BCUT2D eigenvalue weighted by Crippen LogP contribution is 2.11. The van der Waals surface area contributed by atoms with Crippen molar-refractivity contribution in [3.63, 3.8) is 0 Å². The number of hydrogen-bond acceptors (Lipinski definition) is 5. The summed E-state index contributed by atoms with van der Waals surface area (Å²) in [6, 6.07) is 0.348. The molecule has 100 valence electrons. The monoisotopic (exact) mass is 245 g/mol. The van der Waals surface area contributed by atoms with Crippen molar-refractivity contribution in [1.82, 2.24) is 4.90 Å². The van der Waals surface area contributed by atoms with Gasteiger partial charge in [-0.3, -0.25) is 9.69 Å². The van der Waals surface area contributed by atoms with Crippen LogP contribution in [-0.2, 0) is 14.3 Å². The Balaban J connectivity index is 2.33. The summed E-state index contributed by atoms with van der Waals surface area (Å²) in [5, 5.41) is 9.83. The second-order valence-electron chi connectivity index (χ2n) is 4.29. The first-order valence-corrected chi connectivity index (χ1v) is 6.32. The predicted molar refractivity (Wildman–Crippen MR) is 63.7 cm³/mol. The number of carbonyl (C=O) groups is 1. The van der Waals surface area contributed by atoms with E-state index in [1.807, 2.05) is 0 Å². The van der Waals surface area contributed by atoms with Crippen molar-refractivity contribution in [3.05, 3.63) is 0 Å². The fourth-order valence-corrected chi connectivity index (χ4v) is 2.05. The molecule has 0 amide bonds. The van der Waals surface area contributed by atoms with Crippen LogP contribution in [0.1, 0.15) is 26.7 Å². The smallest absolute Gasteiger partial charge is 0.308 e. The Labute approximate surface area is 103 Å². The third-order valence-corrected chi connectivity index (χ3v) is 2.97. The number of esters is 1. The second kappa shape index (κ2) is 7.63. The molecule has 5 heteroatoms. The molecule has 0 radical (unpaired) electrons.